The molecule has 0 aromatic heterocycles. The Morgan fingerprint density at radius 2 is 1.91 bits per heavy atom. The monoisotopic (exact) mass is 441 g/mol. The highest BCUT2D eigenvalue weighted by Crippen LogP contribution is 2.45. The van der Waals surface area contributed by atoms with Crippen LogP contribution in [-0.4, -0.2) is 41.4 Å². The van der Waals surface area contributed by atoms with Crippen LogP contribution in [0, 0.1) is 25.2 Å². The molecule has 2 fully saturated rings. The fraction of sp³-hybridized carbons (Fsp3) is 0.654. The second-order valence-corrected chi connectivity index (χ2v) is 10.4. The molecule has 1 saturated heterocycles. The first-order chi connectivity index (χ1) is 15.1. The Kier molecular flexibility index (Phi) is 7.31. The summed E-state index contributed by atoms with van der Waals surface area (Å²) >= 11 is 0. The number of urea groups is 1. The quantitative estimate of drug-likeness (QED) is 0.467. The van der Waals surface area contributed by atoms with Crippen LogP contribution < -0.4 is 10.6 Å². The number of imide groups is 1. The van der Waals surface area contributed by atoms with Crippen LogP contribution >= 0.6 is 0 Å². The minimum absolute atomic E-state index is 0.208. The van der Waals surface area contributed by atoms with E-state index in [4.69, 9.17) is 0 Å². The zero-order valence-electron chi connectivity index (χ0n) is 20.3. The molecule has 1 saturated carbocycles. The summed E-state index contributed by atoms with van der Waals surface area (Å²) in [5.74, 6) is 0.0324. The smallest absolute Gasteiger partial charge is 0.325 e. The van der Waals surface area contributed by atoms with Crippen LogP contribution in [0.1, 0.15) is 76.0 Å². The van der Waals surface area contributed by atoms with E-state index >= 15 is 0 Å². The summed E-state index contributed by atoms with van der Waals surface area (Å²) in [7, 11) is 0. The maximum absolute atomic E-state index is 13.1. The minimum Gasteiger partial charge on any atom is -0.355 e. The largest absolute Gasteiger partial charge is 0.355 e. The Balaban J connectivity index is 1.47. The van der Waals surface area contributed by atoms with Crippen molar-refractivity contribution in [3.8, 4) is 0 Å². The van der Waals surface area contributed by atoms with Gasteiger partial charge in [-0.2, -0.15) is 0 Å². The summed E-state index contributed by atoms with van der Waals surface area (Å²) in [5.41, 5.74) is 3.21. The van der Waals surface area contributed by atoms with Crippen molar-refractivity contribution in [3.05, 3.63) is 34.9 Å². The number of rotatable bonds is 8. The molecular formula is C26H39N3O3. The summed E-state index contributed by atoms with van der Waals surface area (Å²) in [6.07, 6.45) is 5.94. The SMILES string of the molecule is CCC(C)(C)C1CCC2(CC1)NC(=O)N(CC(=O)NCCCc1ccc(C)cc1C)C2=O. The molecular weight excluding hydrogens is 402 g/mol. The van der Waals surface area contributed by atoms with Crippen molar-refractivity contribution in [3.63, 3.8) is 0 Å². The third kappa shape index (κ3) is 5.16. The molecule has 6 heteroatoms. The number of carbonyl (C=O) groups excluding carboxylic acids is 3. The van der Waals surface area contributed by atoms with Crippen molar-refractivity contribution < 1.29 is 14.4 Å². The van der Waals surface area contributed by atoms with E-state index in [9.17, 15) is 14.4 Å². The molecule has 6 nitrogen and oxygen atoms in total. The summed E-state index contributed by atoms with van der Waals surface area (Å²) in [5, 5.41) is 5.79. The maximum atomic E-state index is 13.1. The third-order valence-corrected chi connectivity index (χ3v) is 7.85. The Hall–Kier alpha value is -2.37. The molecule has 0 atom stereocenters. The molecule has 4 amide bonds. The number of nitrogens with one attached hydrogen (secondary N) is 2. The zero-order chi connectivity index (χ0) is 23.5. The second kappa shape index (κ2) is 9.63. The zero-order valence-corrected chi connectivity index (χ0v) is 20.3. The van der Waals surface area contributed by atoms with Crippen LogP contribution in [0.15, 0.2) is 18.2 Å². The Morgan fingerprint density at radius 3 is 2.53 bits per heavy atom. The van der Waals surface area contributed by atoms with Gasteiger partial charge in [-0.05, 0) is 74.8 Å². The molecule has 2 aliphatic rings. The molecule has 1 aromatic carbocycles. The van der Waals surface area contributed by atoms with Gasteiger partial charge in [0.2, 0.25) is 5.91 Å². The van der Waals surface area contributed by atoms with Crippen LogP contribution in [0.5, 0.6) is 0 Å². The highest BCUT2D eigenvalue weighted by Gasteiger charge is 2.53. The lowest BCUT2D eigenvalue weighted by Gasteiger charge is -2.42. The normalized spacial score (nSPS) is 23.5. The van der Waals surface area contributed by atoms with E-state index in [1.165, 1.54) is 16.7 Å². The lowest BCUT2D eigenvalue weighted by atomic mass is 9.65. The van der Waals surface area contributed by atoms with Crippen molar-refractivity contribution in [1.29, 1.82) is 0 Å². The first kappa shape index (κ1) is 24.3. The van der Waals surface area contributed by atoms with Gasteiger partial charge in [0.15, 0.2) is 0 Å². The number of aryl methyl sites for hydroxylation is 3. The fourth-order valence-electron chi connectivity index (χ4n) is 5.17. The second-order valence-electron chi connectivity index (χ2n) is 10.4. The van der Waals surface area contributed by atoms with Gasteiger partial charge >= 0.3 is 6.03 Å². The number of benzene rings is 1. The average Bonchev–Trinajstić information content (AvgIpc) is 2.96. The van der Waals surface area contributed by atoms with E-state index in [0.717, 1.165) is 37.0 Å². The van der Waals surface area contributed by atoms with E-state index < -0.39 is 11.6 Å². The summed E-state index contributed by atoms with van der Waals surface area (Å²) in [6.45, 7) is 11.3. The highest BCUT2D eigenvalue weighted by molar-refractivity contribution is 6.09. The molecule has 1 spiro atoms. The predicted molar refractivity (Wildman–Crippen MR) is 126 cm³/mol. The number of hydrogen-bond donors (Lipinski definition) is 2. The van der Waals surface area contributed by atoms with Crippen LogP contribution in [0.25, 0.3) is 0 Å². The molecule has 1 heterocycles. The standard InChI is InChI=1S/C26H39N3O3/c1-6-25(4,5)21-11-13-26(14-12-21)23(31)29(24(32)28-26)17-22(30)27-15-7-8-20-10-9-18(2)16-19(20)3/h9-10,16,21H,6-8,11-15,17H2,1-5H3,(H,27,30)(H,28,32). The lowest BCUT2D eigenvalue weighted by Crippen LogP contribution is -2.51. The maximum Gasteiger partial charge on any atom is 0.325 e. The van der Waals surface area contributed by atoms with Gasteiger partial charge in [-0.15, -0.1) is 0 Å². The van der Waals surface area contributed by atoms with Crippen LogP contribution in [0.4, 0.5) is 4.79 Å². The summed E-state index contributed by atoms with van der Waals surface area (Å²) in [6, 6.07) is 5.96. The van der Waals surface area contributed by atoms with Gasteiger partial charge in [-0.3, -0.25) is 14.5 Å². The Labute approximate surface area is 192 Å². The first-order valence-corrected chi connectivity index (χ1v) is 12.0. The number of hydrogen-bond acceptors (Lipinski definition) is 3. The van der Waals surface area contributed by atoms with Gasteiger partial charge in [0.25, 0.3) is 5.91 Å². The highest BCUT2D eigenvalue weighted by atomic mass is 16.2. The van der Waals surface area contributed by atoms with Crippen molar-refractivity contribution in [2.75, 3.05) is 13.1 Å². The molecule has 0 radical (unpaired) electrons. The van der Waals surface area contributed by atoms with E-state index in [1.807, 2.05) is 0 Å². The minimum atomic E-state index is -0.819. The molecule has 1 aliphatic heterocycles. The predicted octanol–water partition coefficient (Wildman–Crippen LogP) is 4.27. The molecule has 3 rings (SSSR count). The van der Waals surface area contributed by atoms with E-state index in [2.05, 4.69) is 63.5 Å². The number of nitrogens with zero attached hydrogens (tertiary/aromatic N) is 1. The van der Waals surface area contributed by atoms with Gasteiger partial charge in [-0.25, -0.2) is 4.79 Å². The van der Waals surface area contributed by atoms with Gasteiger partial charge < -0.3 is 10.6 Å². The Bertz CT molecular complexity index is 869. The molecule has 0 bridgehead atoms. The van der Waals surface area contributed by atoms with Gasteiger partial charge in [0.05, 0.1) is 0 Å². The summed E-state index contributed by atoms with van der Waals surface area (Å²) in [4.78, 5) is 39.1. The molecule has 1 aromatic rings. The van der Waals surface area contributed by atoms with Crippen molar-refractivity contribution in [2.24, 2.45) is 11.3 Å². The van der Waals surface area contributed by atoms with Crippen molar-refractivity contribution in [1.82, 2.24) is 15.5 Å². The van der Waals surface area contributed by atoms with Crippen LogP contribution in [0.3, 0.4) is 0 Å². The fourth-order valence-corrected chi connectivity index (χ4v) is 5.17. The van der Waals surface area contributed by atoms with Crippen molar-refractivity contribution >= 4 is 17.8 Å². The summed E-state index contributed by atoms with van der Waals surface area (Å²) < 4.78 is 0. The third-order valence-electron chi connectivity index (χ3n) is 7.85. The molecule has 32 heavy (non-hydrogen) atoms. The molecule has 1 aliphatic carbocycles. The number of amides is 4. The van der Waals surface area contributed by atoms with Gasteiger partial charge in [0.1, 0.15) is 12.1 Å². The topological polar surface area (TPSA) is 78.5 Å². The van der Waals surface area contributed by atoms with E-state index in [0.29, 0.717) is 25.3 Å². The lowest BCUT2D eigenvalue weighted by molar-refractivity contribution is -0.136. The van der Waals surface area contributed by atoms with Gasteiger partial charge in [0, 0.05) is 6.54 Å². The molecule has 0 unspecified atom stereocenters. The van der Waals surface area contributed by atoms with E-state index in [-0.39, 0.29) is 23.8 Å². The molecule has 176 valence electrons. The Morgan fingerprint density at radius 1 is 1.22 bits per heavy atom. The van der Waals surface area contributed by atoms with Crippen LogP contribution in [0.2, 0.25) is 0 Å². The molecule has 2 N–H and O–H groups in total. The average molecular weight is 442 g/mol. The van der Waals surface area contributed by atoms with Gasteiger partial charge in [-0.1, -0.05) is 51.0 Å². The van der Waals surface area contributed by atoms with E-state index in [1.54, 1.807) is 0 Å². The number of carbonyl (C=O) groups is 3. The first-order valence-electron chi connectivity index (χ1n) is 12.0. The van der Waals surface area contributed by atoms with Crippen LogP contribution in [-0.2, 0) is 16.0 Å². The van der Waals surface area contributed by atoms with Crippen molar-refractivity contribution in [2.45, 2.75) is 85.1 Å².